The van der Waals surface area contributed by atoms with Crippen molar-refractivity contribution in [2.45, 2.75) is 32.0 Å². The largest absolute Gasteiger partial charge is 0.419 e. The van der Waals surface area contributed by atoms with E-state index in [1.807, 2.05) is 4.90 Å². The summed E-state index contributed by atoms with van der Waals surface area (Å²) in [5.41, 5.74) is -0.553. The Bertz CT molecular complexity index is 1250. The molecule has 12 heteroatoms. The van der Waals surface area contributed by atoms with Crippen molar-refractivity contribution >= 4 is 29.3 Å². The van der Waals surface area contributed by atoms with Crippen LogP contribution < -0.4 is 14.7 Å². The molecule has 2 fully saturated rings. The van der Waals surface area contributed by atoms with Gasteiger partial charge in [-0.05, 0) is 50.1 Å². The van der Waals surface area contributed by atoms with E-state index in [1.165, 1.54) is 24.4 Å². The molecule has 2 saturated heterocycles. The van der Waals surface area contributed by atoms with E-state index in [4.69, 9.17) is 11.6 Å². The zero-order valence-electron chi connectivity index (χ0n) is 19.5. The fourth-order valence-corrected chi connectivity index (χ4v) is 4.79. The monoisotopic (exact) mass is 521 g/mol. The molecule has 5 rings (SSSR count). The maximum absolute atomic E-state index is 14.8. The Morgan fingerprint density at radius 3 is 2.33 bits per heavy atom. The van der Waals surface area contributed by atoms with Crippen LogP contribution in [0.2, 0.25) is 5.02 Å². The smallest absolute Gasteiger partial charge is 0.353 e. The van der Waals surface area contributed by atoms with Crippen molar-refractivity contribution in [3.63, 3.8) is 0 Å². The molecule has 190 valence electrons. The summed E-state index contributed by atoms with van der Waals surface area (Å²) >= 11 is 5.93. The summed E-state index contributed by atoms with van der Waals surface area (Å²) in [5.74, 6) is 0.381. The number of alkyl halides is 3. The summed E-state index contributed by atoms with van der Waals surface area (Å²) in [6, 6.07) is 6.87. The van der Waals surface area contributed by atoms with Gasteiger partial charge in [-0.3, -0.25) is 0 Å². The molecule has 3 aromatic rings. The summed E-state index contributed by atoms with van der Waals surface area (Å²) in [6.07, 6.45) is -1.14. The van der Waals surface area contributed by atoms with Crippen LogP contribution in [-0.4, -0.2) is 58.7 Å². The Hall–Kier alpha value is -3.21. The van der Waals surface area contributed by atoms with E-state index in [2.05, 4.69) is 31.8 Å². The second-order valence-electron chi connectivity index (χ2n) is 8.91. The Morgan fingerprint density at radius 1 is 0.944 bits per heavy atom. The van der Waals surface area contributed by atoms with Crippen molar-refractivity contribution in [2.75, 3.05) is 47.4 Å². The number of aromatic nitrogens is 4. The molecule has 0 bridgehead atoms. The van der Waals surface area contributed by atoms with Crippen LogP contribution >= 0.6 is 11.6 Å². The van der Waals surface area contributed by atoms with E-state index in [1.54, 1.807) is 11.0 Å². The molecule has 0 spiro atoms. The van der Waals surface area contributed by atoms with Crippen LogP contribution in [0, 0.1) is 5.82 Å². The predicted octanol–water partition coefficient (Wildman–Crippen LogP) is 5.06. The number of piperazine rings is 1. The number of halogens is 5. The number of rotatable bonds is 4. The lowest BCUT2D eigenvalue weighted by Crippen LogP contribution is -2.48. The van der Waals surface area contributed by atoms with Gasteiger partial charge in [0.2, 0.25) is 11.9 Å². The number of benzene rings is 1. The topological polar surface area (TPSA) is 61.3 Å². The standard InChI is InChI=1S/C24H24ClF4N7/c1-15-4-3-9-36(15)23-32-20(17-7-6-16(25)14-19(17)26)31-22(33-23)35-12-10-34(11-13-35)21-18(24(27,28)29)5-2-8-30-21/h2,5-8,14-15H,3-4,9-13H2,1H3. The highest BCUT2D eigenvalue weighted by Crippen LogP contribution is 2.36. The number of hydrogen-bond donors (Lipinski definition) is 0. The normalized spacial score (nSPS) is 18.7. The molecule has 0 aliphatic carbocycles. The van der Waals surface area contributed by atoms with Crippen LogP contribution in [0.25, 0.3) is 11.4 Å². The summed E-state index contributed by atoms with van der Waals surface area (Å²) in [4.78, 5) is 23.4. The third-order valence-corrected chi connectivity index (χ3v) is 6.78. The molecule has 0 saturated carbocycles. The highest BCUT2D eigenvalue weighted by molar-refractivity contribution is 6.30. The minimum atomic E-state index is -4.49. The number of nitrogens with zero attached hydrogens (tertiary/aromatic N) is 7. The van der Waals surface area contributed by atoms with Gasteiger partial charge in [0, 0.05) is 50.0 Å². The molecule has 0 N–H and O–H groups in total. The van der Waals surface area contributed by atoms with Gasteiger partial charge >= 0.3 is 6.18 Å². The molecule has 0 amide bonds. The Morgan fingerprint density at radius 2 is 1.67 bits per heavy atom. The average Bonchev–Trinajstić information content (AvgIpc) is 3.29. The second kappa shape index (κ2) is 9.68. The van der Waals surface area contributed by atoms with Crippen LogP contribution in [0.4, 0.5) is 35.3 Å². The summed E-state index contributed by atoms with van der Waals surface area (Å²) in [6.45, 7) is 4.20. The SMILES string of the molecule is CC1CCCN1c1nc(-c2ccc(Cl)cc2F)nc(N2CCN(c3ncccc3C(F)(F)F)CC2)n1. The fraction of sp³-hybridized carbons (Fsp3) is 0.417. The highest BCUT2D eigenvalue weighted by Gasteiger charge is 2.36. The first-order valence-corrected chi connectivity index (χ1v) is 12.1. The van der Waals surface area contributed by atoms with E-state index in [0.29, 0.717) is 38.1 Å². The van der Waals surface area contributed by atoms with Crippen LogP contribution in [0.1, 0.15) is 25.3 Å². The van der Waals surface area contributed by atoms with Gasteiger partial charge in [0.05, 0.1) is 11.1 Å². The second-order valence-corrected chi connectivity index (χ2v) is 9.35. The maximum atomic E-state index is 14.8. The van der Waals surface area contributed by atoms with Gasteiger partial charge in [0.15, 0.2) is 5.82 Å². The van der Waals surface area contributed by atoms with E-state index < -0.39 is 17.6 Å². The first-order chi connectivity index (χ1) is 17.2. The number of anilines is 3. The molecule has 1 aromatic carbocycles. The molecule has 0 radical (unpaired) electrons. The third-order valence-electron chi connectivity index (χ3n) is 6.55. The van der Waals surface area contributed by atoms with Crippen molar-refractivity contribution < 1.29 is 17.6 Å². The molecule has 1 atom stereocenters. The predicted molar refractivity (Wildman–Crippen MR) is 130 cm³/mol. The lowest BCUT2D eigenvalue weighted by molar-refractivity contribution is -0.137. The van der Waals surface area contributed by atoms with Crippen LogP contribution in [0.5, 0.6) is 0 Å². The number of pyridine rings is 1. The van der Waals surface area contributed by atoms with Crippen molar-refractivity contribution in [1.82, 2.24) is 19.9 Å². The first-order valence-electron chi connectivity index (χ1n) is 11.7. The van der Waals surface area contributed by atoms with Gasteiger partial charge in [0.1, 0.15) is 11.6 Å². The lowest BCUT2D eigenvalue weighted by atomic mass is 10.2. The van der Waals surface area contributed by atoms with Gasteiger partial charge < -0.3 is 14.7 Å². The molecule has 2 aliphatic rings. The third kappa shape index (κ3) is 4.88. The van der Waals surface area contributed by atoms with E-state index in [0.717, 1.165) is 25.5 Å². The lowest BCUT2D eigenvalue weighted by Gasteiger charge is -2.36. The van der Waals surface area contributed by atoms with Crippen molar-refractivity contribution in [1.29, 1.82) is 0 Å². The summed E-state index contributed by atoms with van der Waals surface area (Å²) < 4.78 is 55.2. The quantitative estimate of drug-likeness (QED) is 0.445. The minimum Gasteiger partial charge on any atom is -0.353 e. The molecule has 7 nitrogen and oxygen atoms in total. The molecule has 2 aromatic heterocycles. The van der Waals surface area contributed by atoms with Crippen molar-refractivity contribution in [2.24, 2.45) is 0 Å². The molecule has 36 heavy (non-hydrogen) atoms. The molecule has 4 heterocycles. The Labute approximate surface area is 210 Å². The number of hydrogen-bond acceptors (Lipinski definition) is 7. The molecular weight excluding hydrogens is 498 g/mol. The molecule has 1 unspecified atom stereocenters. The first kappa shape index (κ1) is 24.5. The van der Waals surface area contributed by atoms with E-state index >= 15 is 0 Å². The van der Waals surface area contributed by atoms with Crippen molar-refractivity contribution in [3.8, 4) is 11.4 Å². The summed E-state index contributed by atoms with van der Waals surface area (Å²) in [5, 5.41) is 0.266. The fourth-order valence-electron chi connectivity index (χ4n) is 4.63. The van der Waals surface area contributed by atoms with Crippen LogP contribution in [-0.2, 0) is 6.18 Å². The zero-order valence-corrected chi connectivity index (χ0v) is 20.3. The molecular formula is C24H24ClF4N7. The van der Waals surface area contributed by atoms with Gasteiger partial charge in [-0.2, -0.15) is 28.1 Å². The zero-order chi connectivity index (χ0) is 25.4. The van der Waals surface area contributed by atoms with Gasteiger partial charge in [-0.25, -0.2) is 9.37 Å². The van der Waals surface area contributed by atoms with Gasteiger partial charge in [-0.1, -0.05) is 11.6 Å². The summed E-state index contributed by atoms with van der Waals surface area (Å²) in [7, 11) is 0. The van der Waals surface area contributed by atoms with Gasteiger partial charge in [-0.15, -0.1) is 0 Å². The van der Waals surface area contributed by atoms with Crippen LogP contribution in [0.15, 0.2) is 36.5 Å². The van der Waals surface area contributed by atoms with E-state index in [9.17, 15) is 17.6 Å². The highest BCUT2D eigenvalue weighted by atomic mass is 35.5. The minimum absolute atomic E-state index is 0.0872. The average molecular weight is 522 g/mol. The maximum Gasteiger partial charge on any atom is 0.419 e. The Kier molecular flexibility index (Phi) is 6.59. The van der Waals surface area contributed by atoms with Crippen LogP contribution in [0.3, 0.4) is 0 Å². The van der Waals surface area contributed by atoms with Crippen molar-refractivity contribution in [3.05, 3.63) is 52.9 Å². The molecule has 2 aliphatic heterocycles. The van der Waals surface area contributed by atoms with E-state index in [-0.39, 0.29) is 28.3 Å². The Balaban J connectivity index is 1.45. The van der Waals surface area contributed by atoms with Gasteiger partial charge in [0.25, 0.3) is 0 Å².